The third kappa shape index (κ3) is 4.70. The lowest BCUT2D eigenvalue weighted by Crippen LogP contribution is -2.46. The van der Waals surface area contributed by atoms with Gasteiger partial charge in [-0.25, -0.2) is 4.68 Å². The number of amides is 2. The number of aromatic nitrogens is 2. The summed E-state index contributed by atoms with van der Waals surface area (Å²) in [4.78, 5) is 27.6. The molecule has 6 nitrogen and oxygen atoms in total. The molecule has 7 heteroatoms. The third-order valence-electron chi connectivity index (χ3n) is 5.81. The molecule has 0 unspecified atom stereocenters. The van der Waals surface area contributed by atoms with Gasteiger partial charge in [-0.3, -0.25) is 9.59 Å². The van der Waals surface area contributed by atoms with Crippen LogP contribution in [0.5, 0.6) is 0 Å². The van der Waals surface area contributed by atoms with E-state index in [9.17, 15) is 9.59 Å². The molecule has 2 amide bonds. The van der Waals surface area contributed by atoms with Crippen LogP contribution in [0.1, 0.15) is 59.0 Å². The zero-order valence-electron chi connectivity index (χ0n) is 18.3. The molecule has 166 valence electrons. The van der Waals surface area contributed by atoms with Gasteiger partial charge in [-0.1, -0.05) is 43.6 Å². The predicted molar refractivity (Wildman–Crippen MR) is 125 cm³/mol. The lowest BCUT2D eigenvalue weighted by molar-refractivity contribution is 0.0696. The van der Waals surface area contributed by atoms with Crippen LogP contribution in [-0.4, -0.2) is 45.6 Å². The van der Waals surface area contributed by atoms with Gasteiger partial charge in [-0.15, -0.1) is 0 Å². The van der Waals surface area contributed by atoms with E-state index in [1.54, 1.807) is 18.3 Å². The van der Waals surface area contributed by atoms with Crippen LogP contribution in [0.4, 0.5) is 0 Å². The van der Waals surface area contributed by atoms with E-state index < -0.39 is 0 Å². The molecule has 0 atom stereocenters. The summed E-state index contributed by atoms with van der Waals surface area (Å²) in [5.41, 5.74) is 3.04. The van der Waals surface area contributed by atoms with E-state index in [1.165, 1.54) is 0 Å². The standard InChI is InChI=1S/C25H27ClN4O2/c1-17(2)23-22(16-27-30(23)21-10-8-19(26)9-11-21)25(32)29-14-12-20(13-15-29)28-24(31)18-6-4-3-5-7-18/h3-11,16-17,20H,12-15H2,1-2H3,(H,28,31). The Labute approximate surface area is 193 Å². The second-order valence-electron chi connectivity index (χ2n) is 8.39. The predicted octanol–water partition coefficient (Wildman–Crippen LogP) is 4.68. The van der Waals surface area contributed by atoms with Crippen molar-refractivity contribution in [1.29, 1.82) is 0 Å². The first kappa shape index (κ1) is 22.1. The molecule has 0 spiro atoms. The van der Waals surface area contributed by atoms with E-state index in [2.05, 4.69) is 24.3 Å². The number of carbonyl (C=O) groups is 2. The summed E-state index contributed by atoms with van der Waals surface area (Å²) >= 11 is 6.02. The summed E-state index contributed by atoms with van der Waals surface area (Å²) in [6.45, 7) is 5.32. The van der Waals surface area contributed by atoms with E-state index in [4.69, 9.17) is 11.6 Å². The Bertz CT molecular complexity index is 1080. The van der Waals surface area contributed by atoms with Crippen molar-refractivity contribution in [2.45, 2.75) is 38.6 Å². The lowest BCUT2D eigenvalue weighted by atomic mass is 10.0. The highest BCUT2D eigenvalue weighted by atomic mass is 35.5. The van der Waals surface area contributed by atoms with Crippen molar-refractivity contribution in [2.24, 2.45) is 0 Å². The first-order valence-electron chi connectivity index (χ1n) is 10.9. The van der Waals surface area contributed by atoms with Gasteiger partial charge in [0.25, 0.3) is 11.8 Å². The number of hydrogen-bond acceptors (Lipinski definition) is 3. The topological polar surface area (TPSA) is 67.2 Å². The first-order chi connectivity index (χ1) is 15.4. The molecule has 1 saturated heterocycles. The van der Waals surface area contributed by atoms with Gasteiger partial charge in [-0.05, 0) is 55.2 Å². The molecule has 1 aliphatic rings. The monoisotopic (exact) mass is 450 g/mol. The van der Waals surface area contributed by atoms with Crippen LogP contribution in [0, 0.1) is 0 Å². The van der Waals surface area contributed by atoms with Crippen molar-refractivity contribution in [3.05, 3.63) is 82.6 Å². The fraction of sp³-hybridized carbons (Fsp3) is 0.320. The summed E-state index contributed by atoms with van der Waals surface area (Å²) in [6.07, 6.45) is 3.12. The third-order valence-corrected chi connectivity index (χ3v) is 6.06. The van der Waals surface area contributed by atoms with Gasteiger partial charge in [0.2, 0.25) is 0 Å². The number of likely N-dealkylation sites (tertiary alicyclic amines) is 1. The van der Waals surface area contributed by atoms with Crippen molar-refractivity contribution in [1.82, 2.24) is 20.0 Å². The molecule has 2 aromatic carbocycles. The number of benzene rings is 2. The molecule has 1 fully saturated rings. The highest BCUT2D eigenvalue weighted by Crippen LogP contribution is 2.26. The van der Waals surface area contributed by atoms with Gasteiger partial charge in [0, 0.05) is 29.7 Å². The van der Waals surface area contributed by atoms with Crippen LogP contribution >= 0.6 is 11.6 Å². The maximum Gasteiger partial charge on any atom is 0.257 e. The average Bonchev–Trinajstić information content (AvgIpc) is 3.26. The normalized spacial score (nSPS) is 14.6. The van der Waals surface area contributed by atoms with Crippen molar-refractivity contribution in [2.75, 3.05) is 13.1 Å². The second-order valence-corrected chi connectivity index (χ2v) is 8.83. The van der Waals surface area contributed by atoms with Crippen LogP contribution in [0.3, 0.4) is 0 Å². The minimum absolute atomic E-state index is 0.0123. The Hall–Kier alpha value is -3.12. The minimum Gasteiger partial charge on any atom is -0.349 e. The number of halogens is 1. The van der Waals surface area contributed by atoms with Gasteiger partial charge in [0.1, 0.15) is 0 Å². The van der Waals surface area contributed by atoms with E-state index in [-0.39, 0.29) is 23.8 Å². The molecule has 1 N–H and O–H groups in total. The van der Waals surface area contributed by atoms with Crippen molar-refractivity contribution in [3.63, 3.8) is 0 Å². The summed E-state index contributed by atoms with van der Waals surface area (Å²) in [5.74, 6) is 0.0401. The molecule has 1 aromatic heterocycles. The highest BCUT2D eigenvalue weighted by Gasteiger charge is 2.28. The summed E-state index contributed by atoms with van der Waals surface area (Å²) < 4.78 is 1.82. The first-order valence-corrected chi connectivity index (χ1v) is 11.3. The number of nitrogens with zero attached hydrogens (tertiary/aromatic N) is 3. The zero-order valence-corrected chi connectivity index (χ0v) is 19.0. The molecule has 1 aliphatic heterocycles. The molecule has 0 saturated carbocycles. The molecule has 4 rings (SSSR count). The van der Waals surface area contributed by atoms with Crippen molar-refractivity contribution < 1.29 is 9.59 Å². The Morgan fingerprint density at radius 3 is 2.31 bits per heavy atom. The van der Waals surface area contributed by atoms with Crippen molar-refractivity contribution in [3.8, 4) is 5.69 Å². The summed E-state index contributed by atoms with van der Waals surface area (Å²) in [6, 6.07) is 16.7. The Morgan fingerprint density at radius 2 is 1.69 bits per heavy atom. The summed E-state index contributed by atoms with van der Waals surface area (Å²) in [5, 5.41) is 8.26. The summed E-state index contributed by atoms with van der Waals surface area (Å²) in [7, 11) is 0. The van der Waals surface area contributed by atoms with E-state index >= 15 is 0 Å². The zero-order chi connectivity index (χ0) is 22.7. The molecule has 3 aromatic rings. The van der Waals surface area contributed by atoms with E-state index in [0.717, 1.165) is 24.2 Å². The second kappa shape index (κ2) is 9.57. The number of rotatable bonds is 5. The highest BCUT2D eigenvalue weighted by molar-refractivity contribution is 6.30. The van der Waals surface area contributed by atoms with Crippen molar-refractivity contribution >= 4 is 23.4 Å². The number of hydrogen-bond donors (Lipinski definition) is 1. The maximum atomic E-state index is 13.3. The number of piperidine rings is 1. The Morgan fingerprint density at radius 1 is 1.03 bits per heavy atom. The maximum absolute atomic E-state index is 13.3. The van der Waals surface area contributed by atoms with Crippen LogP contribution in [-0.2, 0) is 0 Å². The van der Waals surface area contributed by atoms with Crippen LogP contribution in [0.15, 0.2) is 60.8 Å². The molecular weight excluding hydrogens is 424 g/mol. The fourth-order valence-corrected chi connectivity index (χ4v) is 4.25. The number of nitrogens with one attached hydrogen (secondary N) is 1. The molecular formula is C25H27ClN4O2. The molecule has 32 heavy (non-hydrogen) atoms. The van der Waals surface area contributed by atoms with Gasteiger partial charge in [0.05, 0.1) is 23.1 Å². The SMILES string of the molecule is CC(C)c1c(C(=O)N2CCC(NC(=O)c3ccccc3)CC2)cnn1-c1ccc(Cl)cc1. The average molecular weight is 451 g/mol. The van der Waals surface area contributed by atoms with E-state index in [1.807, 2.05) is 52.0 Å². The van der Waals surface area contributed by atoms with Gasteiger partial charge in [-0.2, -0.15) is 5.10 Å². The molecule has 0 aliphatic carbocycles. The van der Waals surface area contributed by atoms with Gasteiger partial charge < -0.3 is 10.2 Å². The fourth-order valence-electron chi connectivity index (χ4n) is 4.12. The van der Waals surface area contributed by atoms with Crippen LogP contribution in [0.2, 0.25) is 5.02 Å². The smallest absolute Gasteiger partial charge is 0.257 e. The molecule has 0 radical (unpaired) electrons. The van der Waals surface area contributed by atoms with E-state index in [0.29, 0.717) is 29.2 Å². The quantitative estimate of drug-likeness (QED) is 0.613. The largest absolute Gasteiger partial charge is 0.349 e. The molecule has 0 bridgehead atoms. The van der Waals surface area contributed by atoms with Crippen LogP contribution < -0.4 is 5.32 Å². The number of carbonyl (C=O) groups excluding carboxylic acids is 2. The lowest BCUT2D eigenvalue weighted by Gasteiger charge is -2.32. The Kier molecular flexibility index (Phi) is 6.61. The van der Waals surface area contributed by atoms with Crippen LogP contribution in [0.25, 0.3) is 5.69 Å². The van der Waals surface area contributed by atoms with Gasteiger partial charge in [0.15, 0.2) is 0 Å². The van der Waals surface area contributed by atoms with Gasteiger partial charge >= 0.3 is 0 Å². The molecule has 2 heterocycles. The Balaban J connectivity index is 1.44. The minimum atomic E-state index is -0.0679.